The van der Waals surface area contributed by atoms with E-state index in [0.29, 0.717) is 23.7 Å². The van der Waals surface area contributed by atoms with Gasteiger partial charge >= 0.3 is 0 Å². The van der Waals surface area contributed by atoms with Gasteiger partial charge in [-0.25, -0.2) is 4.98 Å². The van der Waals surface area contributed by atoms with Crippen molar-refractivity contribution in [2.24, 2.45) is 0 Å². The molecule has 0 fully saturated rings. The predicted molar refractivity (Wildman–Crippen MR) is 115 cm³/mol. The highest BCUT2D eigenvalue weighted by molar-refractivity contribution is 5.80. The van der Waals surface area contributed by atoms with Crippen LogP contribution in [0.1, 0.15) is 12.5 Å². The summed E-state index contributed by atoms with van der Waals surface area (Å²) in [7, 11) is 1.56. The molecule has 0 aliphatic carbocycles. The molecule has 156 valence electrons. The number of ether oxygens (including phenoxy) is 2. The van der Waals surface area contributed by atoms with Crippen LogP contribution in [0.5, 0.6) is 11.5 Å². The van der Waals surface area contributed by atoms with Gasteiger partial charge in [0.25, 0.3) is 11.5 Å². The van der Waals surface area contributed by atoms with Crippen LogP contribution in [0, 0.1) is 6.92 Å². The van der Waals surface area contributed by atoms with Crippen molar-refractivity contribution < 1.29 is 14.3 Å². The predicted octanol–water partition coefficient (Wildman–Crippen LogP) is 2.81. The van der Waals surface area contributed by atoms with E-state index in [1.165, 1.54) is 17.0 Å². The standard InChI is InChI=1S/C23H25N3O4/c1-16-9-10-20(21(13-16)29-3)30-17(2)23(28)24-11-12-26-15-25-19(14-22(26)27)18-7-5-4-6-8-18/h4-10,13-15,17H,11-12H2,1-3H3,(H,24,28). The van der Waals surface area contributed by atoms with Crippen molar-refractivity contribution in [2.45, 2.75) is 26.5 Å². The molecule has 2 aromatic carbocycles. The number of amides is 1. The number of benzene rings is 2. The van der Waals surface area contributed by atoms with Gasteiger partial charge in [0, 0.05) is 24.7 Å². The largest absolute Gasteiger partial charge is 0.493 e. The number of aromatic nitrogens is 2. The van der Waals surface area contributed by atoms with Gasteiger partial charge in [-0.05, 0) is 31.5 Å². The van der Waals surface area contributed by atoms with Crippen molar-refractivity contribution in [2.75, 3.05) is 13.7 Å². The second kappa shape index (κ2) is 9.73. The van der Waals surface area contributed by atoms with E-state index < -0.39 is 6.10 Å². The van der Waals surface area contributed by atoms with Gasteiger partial charge in [0.15, 0.2) is 17.6 Å². The Bertz CT molecular complexity index is 1060. The number of nitrogens with zero attached hydrogens (tertiary/aromatic N) is 2. The minimum Gasteiger partial charge on any atom is -0.493 e. The number of aryl methyl sites for hydroxylation is 1. The molecule has 0 spiro atoms. The monoisotopic (exact) mass is 407 g/mol. The van der Waals surface area contributed by atoms with E-state index in [1.54, 1.807) is 20.1 Å². The third kappa shape index (κ3) is 5.26. The zero-order chi connectivity index (χ0) is 21.5. The lowest BCUT2D eigenvalue weighted by Gasteiger charge is -2.17. The zero-order valence-electron chi connectivity index (χ0n) is 17.3. The van der Waals surface area contributed by atoms with Crippen molar-refractivity contribution in [3.05, 3.63) is 76.8 Å². The van der Waals surface area contributed by atoms with Gasteiger partial charge in [-0.2, -0.15) is 0 Å². The van der Waals surface area contributed by atoms with Gasteiger partial charge in [-0.3, -0.25) is 14.2 Å². The Morgan fingerprint density at radius 2 is 1.90 bits per heavy atom. The molecule has 0 saturated carbocycles. The smallest absolute Gasteiger partial charge is 0.260 e. The Labute approximate surface area is 175 Å². The number of carbonyl (C=O) groups is 1. The second-order valence-corrected chi connectivity index (χ2v) is 6.88. The molecule has 1 atom stereocenters. The Hall–Kier alpha value is -3.61. The Balaban J connectivity index is 1.55. The molecule has 0 aliphatic heterocycles. The first-order valence-corrected chi connectivity index (χ1v) is 9.69. The van der Waals surface area contributed by atoms with Gasteiger partial charge in [0.2, 0.25) is 0 Å². The van der Waals surface area contributed by atoms with E-state index in [1.807, 2.05) is 49.4 Å². The Kier molecular flexibility index (Phi) is 6.85. The number of methoxy groups -OCH3 is 1. The molecule has 30 heavy (non-hydrogen) atoms. The Morgan fingerprint density at radius 3 is 2.60 bits per heavy atom. The second-order valence-electron chi connectivity index (χ2n) is 6.88. The van der Waals surface area contributed by atoms with Gasteiger partial charge in [0.1, 0.15) is 0 Å². The molecule has 1 heterocycles. The van der Waals surface area contributed by atoms with E-state index in [-0.39, 0.29) is 18.0 Å². The quantitative estimate of drug-likeness (QED) is 0.621. The maximum Gasteiger partial charge on any atom is 0.260 e. The number of hydrogen-bond donors (Lipinski definition) is 1. The molecule has 0 radical (unpaired) electrons. The summed E-state index contributed by atoms with van der Waals surface area (Å²) < 4.78 is 12.5. The fourth-order valence-electron chi connectivity index (χ4n) is 2.92. The summed E-state index contributed by atoms with van der Waals surface area (Å²) in [6, 6.07) is 16.5. The molecule has 0 aliphatic rings. The third-order valence-corrected chi connectivity index (χ3v) is 4.59. The fourth-order valence-corrected chi connectivity index (χ4v) is 2.92. The lowest BCUT2D eigenvalue weighted by Crippen LogP contribution is -2.38. The highest BCUT2D eigenvalue weighted by atomic mass is 16.5. The van der Waals surface area contributed by atoms with Crippen LogP contribution in [0.4, 0.5) is 0 Å². The minimum atomic E-state index is -0.711. The van der Waals surface area contributed by atoms with Crippen LogP contribution in [-0.2, 0) is 11.3 Å². The lowest BCUT2D eigenvalue weighted by molar-refractivity contribution is -0.127. The summed E-state index contributed by atoms with van der Waals surface area (Å²) in [6.07, 6.45) is 0.783. The first-order chi connectivity index (χ1) is 14.5. The normalized spacial score (nSPS) is 11.6. The van der Waals surface area contributed by atoms with Crippen LogP contribution >= 0.6 is 0 Å². The van der Waals surface area contributed by atoms with Gasteiger partial charge < -0.3 is 14.8 Å². The van der Waals surface area contributed by atoms with Crippen molar-refractivity contribution in [1.29, 1.82) is 0 Å². The molecule has 1 amide bonds. The van der Waals surface area contributed by atoms with Gasteiger partial charge in [-0.1, -0.05) is 36.4 Å². The van der Waals surface area contributed by atoms with Crippen molar-refractivity contribution in [1.82, 2.24) is 14.9 Å². The minimum absolute atomic E-state index is 0.174. The summed E-state index contributed by atoms with van der Waals surface area (Å²) >= 11 is 0. The molecule has 3 rings (SSSR count). The van der Waals surface area contributed by atoms with Crippen LogP contribution in [0.15, 0.2) is 65.7 Å². The fraction of sp³-hybridized carbons (Fsp3) is 0.261. The van der Waals surface area contributed by atoms with Crippen LogP contribution in [-0.4, -0.2) is 35.2 Å². The third-order valence-electron chi connectivity index (χ3n) is 4.59. The van der Waals surface area contributed by atoms with Crippen LogP contribution < -0.4 is 20.3 Å². The molecule has 1 aromatic heterocycles. The number of rotatable bonds is 8. The zero-order valence-corrected chi connectivity index (χ0v) is 17.3. The maximum absolute atomic E-state index is 12.3. The Morgan fingerprint density at radius 1 is 1.13 bits per heavy atom. The van der Waals surface area contributed by atoms with E-state index in [9.17, 15) is 9.59 Å². The average molecular weight is 407 g/mol. The molecular formula is C23H25N3O4. The molecule has 1 unspecified atom stereocenters. The van der Waals surface area contributed by atoms with Gasteiger partial charge in [-0.15, -0.1) is 0 Å². The van der Waals surface area contributed by atoms with Crippen molar-refractivity contribution in [3.63, 3.8) is 0 Å². The molecule has 1 N–H and O–H groups in total. The van der Waals surface area contributed by atoms with Crippen molar-refractivity contribution in [3.8, 4) is 22.8 Å². The summed E-state index contributed by atoms with van der Waals surface area (Å²) in [5.41, 5.74) is 2.36. The van der Waals surface area contributed by atoms with Crippen LogP contribution in [0.2, 0.25) is 0 Å². The molecule has 7 nitrogen and oxygen atoms in total. The summed E-state index contributed by atoms with van der Waals surface area (Å²) in [5, 5.41) is 2.78. The van der Waals surface area contributed by atoms with Gasteiger partial charge in [0.05, 0.1) is 19.1 Å². The molecule has 0 saturated heterocycles. The highest BCUT2D eigenvalue weighted by Gasteiger charge is 2.16. The number of nitrogens with one attached hydrogen (secondary N) is 1. The summed E-state index contributed by atoms with van der Waals surface area (Å²) in [4.78, 5) is 29.0. The first kappa shape index (κ1) is 21.1. The lowest BCUT2D eigenvalue weighted by atomic mass is 10.1. The maximum atomic E-state index is 12.3. The van der Waals surface area contributed by atoms with E-state index >= 15 is 0 Å². The van der Waals surface area contributed by atoms with E-state index in [0.717, 1.165) is 11.1 Å². The van der Waals surface area contributed by atoms with Crippen LogP contribution in [0.3, 0.4) is 0 Å². The summed E-state index contributed by atoms with van der Waals surface area (Å²) in [5.74, 6) is 0.799. The van der Waals surface area contributed by atoms with E-state index in [2.05, 4.69) is 10.3 Å². The number of carbonyl (C=O) groups excluding carboxylic acids is 1. The number of hydrogen-bond acceptors (Lipinski definition) is 5. The molecule has 3 aromatic rings. The molecule has 7 heteroatoms. The topological polar surface area (TPSA) is 82.4 Å². The van der Waals surface area contributed by atoms with E-state index in [4.69, 9.17) is 9.47 Å². The highest BCUT2D eigenvalue weighted by Crippen LogP contribution is 2.28. The molecular weight excluding hydrogens is 382 g/mol. The van der Waals surface area contributed by atoms with Crippen LogP contribution in [0.25, 0.3) is 11.3 Å². The SMILES string of the molecule is COc1cc(C)ccc1OC(C)C(=O)NCCn1cnc(-c2ccccc2)cc1=O. The molecule has 0 bridgehead atoms. The summed E-state index contributed by atoms with van der Waals surface area (Å²) in [6.45, 7) is 4.21. The first-order valence-electron chi connectivity index (χ1n) is 9.69. The van der Waals surface area contributed by atoms with Crippen molar-refractivity contribution >= 4 is 5.91 Å². The average Bonchev–Trinajstić information content (AvgIpc) is 2.76.